The number of aromatic nitrogens is 1. The summed E-state index contributed by atoms with van der Waals surface area (Å²) < 4.78 is 116. The second kappa shape index (κ2) is 10.2. The molecule has 196 valence electrons. The second-order valence-corrected chi connectivity index (χ2v) is 6.79. The lowest BCUT2D eigenvalue weighted by atomic mass is 10.1. The van der Waals surface area contributed by atoms with Crippen molar-refractivity contribution in [2.45, 2.75) is 12.7 Å². The van der Waals surface area contributed by atoms with E-state index in [2.05, 4.69) is 19.8 Å². The summed E-state index contributed by atoms with van der Waals surface area (Å²) >= 11 is 0. The van der Waals surface area contributed by atoms with Crippen LogP contribution in [0.4, 0.5) is 40.8 Å². The number of hydrogen-bond acceptors (Lipinski definition) is 6. The predicted molar refractivity (Wildman–Crippen MR) is 107 cm³/mol. The molecule has 0 aliphatic heterocycles. The molecule has 1 aromatic heterocycles. The standard InChI is InChI=1S/C21H11F8N3O5/c22-11-8-10(1-2-13(11)36-20(24,25)26)35-14-3-4-15(37-21(27,28)29)17(23)16(14)19(34)32-9-5-6-31-12(7-9)18(30)33/h1-8H,(H2,30,33)(H,31,32,34). The molecule has 0 saturated carbocycles. The average Bonchev–Trinajstić information content (AvgIpc) is 2.76. The van der Waals surface area contributed by atoms with Gasteiger partial charge in [0.25, 0.3) is 11.8 Å². The summed E-state index contributed by atoms with van der Waals surface area (Å²) in [5.41, 5.74) is 3.41. The minimum atomic E-state index is -5.35. The molecule has 3 rings (SSSR count). The number of rotatable bonds is 7. The largest absolute Gasteiger partial charge is 0.573 e. The maximum atomic E-state index is 15.0. The van der Waals surface area contributed by atoms with Gasteiger partial charge in [-0.1, -0.05) is 0 Å². The molecular weight excluding hydrogens is 526 g/mol. The number of primary amides is 1. The first kappa shape index (κ1) is 27.0. The zero-order valence-corrected chi connectivity index (χ0v) is 17.7. The lowest BCUT2D eigenvalue weighted by Gasteiger charge is -2.16. The number of halogens is 8. The van der Waals surface area contributed by atoms with Gasteiger partial charge in [-0.05, 0) is 36.4 Å². The Labute approximate surface area is 200 Å². The maximum absolute atomic E-state index is 15.0. The molecule has 0 bridgehead atoms. The van der Waals surface area contributed by atoms with Gasteiger partial charge in [-0.25, -0.2) is 8.78 Å². The molecule has 0 saturated heterocycles. The molecule has 3 N–H and O–H groups in total. The number of hydrogen-bond donors (Lipinski definition) is 2. The second-order valence-electron chi connectivity index (χ2n) is 6.79. The van der Waals surface area contributed by atoms with Crippen molar-refractivity contribution >= 4 is 17.5 Å². The Balaban J connectivity index is 2.00. The molecule has 3 aromatic rings. The first-order chi connectivity index (χ1) is 17.1. The summed E-state index contributed by atoms with van der Waals surface area (Å²) in [6.07, 6.45) is -9.52. The van der Waals surface area contributed by atoms with Gasteiger partial charge in [0.1, 0.15) is 22.8 Å². The van der Waals surface area contributed by atoms with Crippen LogP contribution >= 0.6 is 0 Å². The average molecular weight is 537 g/mol. The van der Waals surface area contributed by atoms with E-state index in [4.69, 9.17) is 10.5 Å². The van der Waals surface area contributed by atoms with Crippen molar-refractivity contribution in [3.8, 4) is 23.0 Å². The van der Waals surface area contributed by atoms with Crippen LogP contribution in [0.5, 0.6) is 23.0 Å². The number of alkyl halides is 6. The van der Waals surface area contributed by atoms with E-state index in [9.17, 15) is 44.7 Å². The first-order valence-electron chi connectivity index (χ1n) is 9.51. The van der Waals surface area contributed by atoms with E-state index >= 15 is 0 Å². The monoisotopic (exact) mass is 537 g/mol. The summed E-state index contributed by atoms with van der Waals surface area (Å²) in [7, 11) is 0. The van der Waals surface area contributed by atoms with E-state index in [-0.39, 0.29) is 11.4 Å². The van der Waals surface area contributed by atoms with Gasteiger partial charge in [0.05, 0.1) is 0 Å². The number of nitrogens with zero attached hydrogens (tertiary/aromatic N) is 1. The molecule has 0 spiro atoms. The summed E-state index contributed by atoms with van der Waals surface area (Å²) in [5.74, 6) is -9.85. The number of ether oxygens (including phenoxy) is 3. The van der Waals surface area contributed by atoms with Crippen LogP contribution in [0.15, 0.2) is 48.7 Å². The van der Waals surface area contributed by atoms with Gasteiger partial charge in [0, 0.05) is 18.0 Å². The molecule has 8 nitrogen and oxygen atoms in total. The van der Waals surface area contributed by atoms with Gasteiger partial charge in [-0.3, -0.25) is 14.6 Å². The van der Waals surface area contributed by atoms with Gasteiger partial charge in [-0.15, -0.1) is 26.3 Å². The predicted octanol–water partition coefficient (Wildman–Crippen LogP) is 5.30. The van der Waals surface area contributed by atoms with Crippen LogP contribution in [-0.2, 0) is 0 Å². The third-order valence-corrected chi connectivity index (χ3v) is 4.15. The smallest absolute Gasteiger partial charge is 0.456 e. The van der Waals surface area contributed by atoms with E-state index in [0.29, 0.717) is 24.3 Å². The quantitative estimate of drug-likeness (QED) is 0.396. The van der Waals surface area contributed by atoms with E-state index in [1.807, 2.05) is 0 Å². The van der Waals surface area contributed by atoms with E-state index in [0.717, 1.165) is 24.4 Å². The summed E-state index contributed by atoms with van der Waals surface area (Å²) in [4.78, 5) is 27.7. The molecule has 2 aromatic carbocycles. The number of benzene rings is 2. The number of carbonyl (C=O) groups is 2. The highest BCUT2D eigenvalue weighted by molar-refractivity contribution is 6.07. The fraction of sp³-hybridized carbons (Fsp3) is 0.0952. The molecule has 2 amide bonds. The Hall–Kier alpha value is -4.63. The number of carbonyl (C=O) groups excluding carboxylic acids is 2. The van der Waals surface area contributed by atoms with Crippen molar-refractivity contribution in [3.63, 3.8) is 0 Å². The summed E-state index contributed by atoms with van der Waals surface area (Å²) in [6, 6.07) is 4.88. The number of nitrogens with two attached hydrogens (primary N) is 1. The van der Waals surface area contributed by atoms with Crippen molar-refractivity contribution in [1.29, 1.82) is 0 Å². The van der Waals surface area contributed by atoms with Crippen LogP contribution in [0, 0.1) is 11.6 Å². The van der Waals surface area contributed by atoms with Crippen molar-refractivity contribution in [3.05, 3.63) is 71.6 Å². The molecule has 16 heteroatoms. The Kier molecular flexibility index (Phi) is 7.40. The molecule has 0 unspecified atom stereocenters. The van der Waals surface area contributed by atoms with Gasteiger partial charge in [0.2, 0.25) is 0 Å². The molecule has 0 aliphatic rings. The third kappa shape index (κ3) is 7.18. The number of nitrogens with one attached hydrogen (secondary N) is 1. The molecule has 0 atom stereocenters. The van der Waals surface area contributed by atoms with Crippen LogP contribution in [0.25, 0.3) is 0 Å². The Morgan fingerprint density at radius 1 is 0.838 bits per heavy atom. The number of anilines is 1. The van der Waals surface area contributed by atoms with Gasteiger partial charge in [0.15, 0.2) is 23.1 Å². The highest BCUT2D eigenvalue weighted by atomic mass is 19.4. The van der Waals surface area contributed by atoms with E-state index < -0.39 is 64.7 Å². The molecule has 0 fully saturated rings. The molecule has 0 aliphatic carbocycles. The van der Waals surface area contributed by atoms with Crippen molar-refractivity contribution in [1.82, 2.24) is 4.98 Å². The molecule has 1 heterocycles. The normalized spacial score (nSPS) is 11.6. The SMILES string of the molecule is NC(=O)c1cc(NC(=O)c2c(Oc3ccc(OC(F)(F)F)c(F)c3)ccc(OC(F)(F)F)c2F)ccn1. The van der Waals surface area contributed by atoms with Crippen LogP contribution in [0.3, 0.4) is 0 Å². The summed E-state index contributed by atoms with van der Waals surface area (Å²) in [6.45, 7) is 0. The molecular formula is C21H11F8N3O5. The highest BCUT2D eigenvalue weighted by Crippen LogP contribution is 2.36. The fourth-order valence-electron chi connectivity index (χ4n) is 2.76. The third-order valence-electron chi connectivity index (χ3n) is 4.15. The highest BCUT2D eigenvalue weighted by Gasteiger charge is 2.35. The molecule has 0 radical (unpaired) electrons. The number of pyridine rings is 1. The van der Waals surface area contributed by atoms with Crippen LogP contribution in [-0.4, -0.2) is 29.5 Å². The first-order valence-corrected chi connectivity index (χ1v) is 9.51. The van der Waals surface area contributed by atoms with Crippen molar-refractivity contribution in [2.75, 3.05) is 5.32 Å². The topological polar surface area (TPSA) is 113 Å². The van der Waals surface area contributed by atoms with E-state index in [1.54, 1.807) is 0 Å². The zero-order valence-electron chi connectivity index (χ0n) is 17.7. The molecule has 37 heavy (non-hydrogen) atoms. The van der Waals surface area contributed by atoms with Gasteiger partial charge >= 0.3 is 12.7 Å². The minimum absolute atomic E-state index is 0.180. The van der Waals surface area contributed by atoms with Crippen molar-refractivity contribution < 1.29 is 58.9 Å². The van der Waals surface area contributed by atoms with Crippen LogP contribution in [0.2, 0.25) is 0 Å². The van der Waals surface area contributed by atoms with Crippen LogP contribution < -0.4 is 25.3 Å². The Morgan fingerprint density at radius 3 is 2.03 bits per heavy atom. The lowest BCUT2D eigenvalue weighted by molar-refractivity contribution is -0.276. The number of amides is 2. The van der Waals surface area contributed by atoms with Gasteiger partial charge in [-0.2, -0.15) is 0 Å². The minimum Gasteiger partial charge on any atom is -0.456 e. The zero-order chi connectivity index (χ0) is 27.5. The Bertz CT molecular complexity index is 1340. The fourth-order valence-corrected chi connectivity index (χ4v) is 2.76. The van der Waals surface area contributed by atoms with Crippen molar-refractivity contribution in [2.24, 2.45) is 5.73 Å². The van der Waals surface area contributed by atoms with Gasteiger partial charge < -0.3 is 25.3 Å². The van der Waals surface area contributed by atoms with Crippen LogP contribution in [0.1, 0.15) is 20.8 Å². The maximum Gasteiger partial charge on any atom is 0.573 e. The Morgan fingerprint density at radius 2 is 1.43 bits per heavy atom. The lowest BCUT2D eigenvalue weighted by Crippen LogP contribution is -2.21. The summed E-state index contributed by atoms with van der Waals surface area (Å²) in [5, 5.41) is 2.09. The van der Waals surface area contributed by atoms with E-state index in [1.165, 1.54) is 0 Å².